The van der Waals surface area contributed by atoms with Crippen LogP contribution in [0, 0.1) is 0 Å². The van der Waals surface area contributed by atoms with E-state index in [0.717, 1.165) is 34.3 Å². The Morgan fingerprint density at radius 1 is 1.40 bits per heavy atom. The average Bonchev–Trinajstić information content (AvgIpc) is 2.42. The Labute approximate surface area is 138 Å². The van der Waals surface area contributed by atoms with Gasteiger partial charge < -0.3 is 5.32 Å². The minimum absolute atomic E-state index is 0.524. The van der Waals surface area contributed by atoms with Crippen molar-refractivity contribution >= 4 is 31.9 Å². The normalized spacial score (nSPS) is 19.8. The van der Waals surface area contributed by atoms with Gasteiger partial charge >= 0.3 is 0 Å². The molecule has 2 heterocycles. The van der Waals surface area contributed by atoms with Crippen molar-refractivity contribution in [1.82, 2.24) is 15.2 Å². The number of piperidine rings is 1. The molecule has 1 aliphatic rings. The van der Waals surface area contributed by atoms with Gasteiger partial charge in [0.15, 0.2) is 0 Å². The summed E-state index contributed by atoms with van der Waals surface area (Å²) < 4.78 is 2.09. The lowest BCUT2D eigenvalue weighted by molar-refractivity contribution is 0.175. The van der Waals surface area contributed by atoms with Crippen molar-refractivity contribution in [3.05, 3.63) is 26.9 Å². The molecule has 1 N–H and O–H groups in total. The summed E-state index contributed by atoms with van der Waals surface area (Å²) in [6.45, 7) is 7.67. The van der Waals surface area contributed by atoms with Crippen LogP contribution in [0.4, 0.5) is 0 Å². The monoisotopic (exact) mass is 403 g/mol. The molecule has 0 aliphatic carbocycles. The molecule has 1 aromatic rings. The Morgan fingerprint density at radius 3 is 2.80 bits per heavy atom. The summed E-state index contributed by atoms with van der Waals surface area (Å²) in [7, 11) is 0. The largest absolute Gasteiger partial charge is 0.313 e. The molecule has 5 heteroatoms. The summed E-state index contributed by atoms with van der Waals surface area (Å²) in [5.41, 5.74) is 1.11. The molecule has 0 saturated carbocycles. The Kier molecular flexibility index (Phi) is 6.46. The van der Waals surface area contributed by atoms with E-state index in [9.17, 15) is 0 Å². The van der Waals surface area contributed by atoms with Gasteiger partial charge in [-0.3, -0.25) is 9.88 Å². The van der Waals surface area contributed by atoms with Gasteiger partial charge in [-0.25, -0.2) is 0 Å². The van der Waals surface area contributed by atoms with Gasteiger partial charge in [-0.05, 0) is 71.2 Å². The van der Waals surface area contributed by atoms with E-state index < -0.39 is 0 Å². The van der Waals surface area contributed by atoms with Crippen LogP contribution in [0.3, 0.4) is 0 Å². The Balaban J connectivity index is 2.01. The zero-order valence-corrected chi connectivity index (χ0v) is 15.4. The Hall–Kier alpha value is 0.0300. The Morgan fingerprint density at radius 2 is 2.20 bits per heavy atom. The second-order valence-electron chi connectivity index (χ2n) is 5.75. The molecule has 1 atom stereocenters. The third kappa shape index (κ3) is 4.79. The molecule has 1 aliphatic heterocycles. The highest BCUT2D eigenvalue weighted by Crippen LogP contribution is 2.22. The number of aromatic nitrogens is 1. The number of pyridine rings is 1. The van der Waals surface area contributed by atoms with E-state index in [1.807, 2.05) is 6.20 Å². The van der Waals surface area contributed by atoms with Crippen molar-refractivity contribution < 1.29 is 0 Å². The fourth-order valence-electron chi connectivity index (χ4n) is 2.57. The first-order chi connectivity index (χ1) is 9.56. The number of halogens is 2. The molecule has 3 nitrogen and oxygen atoms in total. The first-order valence-corrected chi connectivity index (χ1v) is 8.92. The zero-order chi connectivity index (χ0) is 14.5. The van der Waals surface area contributed by atoms with Gasteiger partial charge in [-0.15, -0.1) is 0 Å². The van der Waals surface area contributed by atoms with E-state index in [2.05, 4.69) is 67.0 Å². The van der Waals surface area contributed by atoms with Gasteiger partial charge in [-0.1, -0.05) is 6.42 Å². The lowest BCUT2D eigenvalue weighted by atomic mass is 10.0. The Bertz CT molecular complexity index is 431. The summed E-state index contributed by atoms with van der Waals surface area (Å²) >= 11 is 7.07. The number of hydrogen-bond donors (Lipinski definition) is 1. The smallest absolute Gasteiger partial charge is 0.0686 e. The lowest BCUT2D eigenvalue weighted by Gasteiger charge is -2.33. The van der Waals surface area contributed by atoms with Crippen LogP contribution < -0.4 is 5.32 Å². The van der Waals surface area contributed by atoms with Crippen LogP contribution in [0.2, 0.25) is 0 Å². The molecule has 1 aromatic heterocycles. The fourth-order valence-corrected chi connectivity index (χ4v) is 3.69. The number of nitrogens with zero attached hydrogens (tertiary/aromatic N) is 2. The standard InChI is InChI=1S/C15H23Br2N3/c1-11(2)20(9-13-5-3-4-6-18-13)10-15-14(17)7-12(16)8-19-15/h7-8,11,13,18H,3-6,9-10H2,1-2H3. The maximum atomic E-state index is 4.54. The maximum Gasteiger partial charge on any atom is 0.0686 e. The van der Waals surface area contributed by atoms with Crippen molar-refractivity contribution in [3.8, 4) is 0 Å². The van der Waals surface area contributed by atoms with Gasteiger partial charge in [0, 0.05) is 40.3 Å². The maximum absolute atomic E-state index is 4.54. The molecule has 1 saturated heterocycles. The van der Waals surface area contributed by atoms with Crippen molar-refractivity contribution in [2.75, 3.05) is 13.1 Å². The van der Waals surface area contributed by atoms with E-state index in [4.69, 9.17) is 0 Å². The molecule has 1 fully saturated rings. The molecule has 0 spiro atoms. The SMILES string of the molecule is CC(C)N(Cc1ncc(Br)cc1Br)CC1CCCCN1. The zero-order valence-electron chi connectivity index (χ0n) is 12.2. The highest BCUT2D eigenvalue weighted by Gasteiger charge is 2.19. The molecule has 1 unspecified atom stereocenters. The van der Waals surface area contributed by atoms with Gasteiger partial charge in [0.1, 0.15) is 0 Å². The van der Waals surface area contributed by atoms with Crippen LogP contribution >= 0.6 is 31.9 Å². The second-order valence-corrected chi connectivity index (χ2v) is 7.52. The van der Waals surface area contributed by atoms with Crippen LogP contribution in [0.5, 0.6) is 0 Å². The van der Waals surface area contributed by atoms with Gasteiger partial charge in [0.25, 0.3) is 0 Å². The predicted molar refractivity (Wildman–Crippen MR) is 90.8 cm³/mol. The number of hydrogen-bond acceptors (Lipinski definition) is 3. The fraction of sp³-hybridized carbons (Fsp3) is 0.667. The second kappa shape index (κ2) is 7.87. The molecule has 112 valence electrons. The molecule has 0 bridgehead atoms. The van der Waals surface area contributed by atoms with Crippen molar-refractivity contribution in [2.24, 2.45) is 0 Å². The quantitative estimate of drug-likeness (QED) is 0.804. The van der Waals surface area contributed by atoms with Crippen LogP contribution in [-0.2, 0) is 6.54 Å². The number of nitrogens with one attached hydrogen (secondary N) is 1. The third-order valence-electron chi connectivity index (χ3n) is 3.83. The van der Waals surface area contributed by atoms with E-state index in [0.29, 0.717) is 12.1 Å². The molecule has 20 heavy (non-hydrogen) atoms. The van der Waals surface area contributed by atoms with Gasteiger partial charge in [0.05, 0.1) is 5.69 Å². The van der Waals surface area contributed by atoms with Crippen LogP contribution in [-0.4, -0.2) is 35.1 Å². The average molecular weight is 405 g/mol. The van der Waals surface area contributed by atoms with Crippen LogP contribution in [0.15, 0.2) is 21.2 Å². The van der Waals surface area contributed by atoms with Crippen molar-refractivity contribution in [1.29, 1.82) is 0 Å². The van der Waals surface area contributed by atoms with Crippen molar-refractivity contribution in [3.63, 3.8) is 0 Å². The number of rotatable bonds is 5. The topological polar surface area (TPSA) is 28.2 Å². The first kappa shape index (κ1) is 16.4. The summed E-state index contributed by atoms with van der Waals surface area (Å²) in [5, 5.41) is 3.63. The van der Waals surface area contributed by atoms with Crippen LogP contribution in [0.1, 0.15) is 38.8 Å². The first-order valence-electron chi connectivity index (χ1n) is 7.33. The summed E-state index contributed by atoms with van der Waals surface area (Å²) in [4.78, 5) is 7.04. The highest BCUT2D eigenvalue weighted by molar-refractivity contribution is 9.11. The van der Waals surface area contributed by atoms with E-state index >= 15 is 0 Å². The molecule has 2 rings (SSSR count). The summed E-state index contributed by atoms with van der Waals surface area (Å²) in [6.07, 6.45) is 5.83. The van der Waals surface area contributed by atoms with Crippen molar-refractivity contribution in [2.45, 2.75) is 51.7 Å². The molecular weight excluding hydrogens is 382 g/mol. The third-order valence-corrected chi connectivity index (χ3v) is 4.95. The van der Waals surface area contributed by atoms with Crippen LogP contribution in [0.25, 0.3) is 0 Å². The van der Waals surface area contributed by atoms with E-state index in [1.54, 1.807) is 0 Å². The lowest BCUT2D eigenvalue weighted by Crippen LogP contribution is -2.45. The summed E-state index contributed by atoms with van der Waals surface area (Å²) in [6, 6.07) is 3.22. The molecular formula is C15H23Br2N3. The molecule has 0 aromatic carbocycles. The van der Waals surface area contributed by atoms with Gasteiger partial charge in [0.2, 0.25) is 0 Å². The predicted octanol–water partition coefficient (Wildman–Crippen LogP) is 3.96. The van der Waals surface area contributed by atoms with E-state index in [1.165, 1.54) is 19.3 Å². The minimum atomic E-state index is 0.524. The molecule has 0 radical (unpaired) electrons. The minimum Gasteiger partial charge on any atom is -0.313 e. The summed E-state index contributed by atoms with van der Waals surface area (Å²) in [5.74, 6) is 0. The highest BCUT2D eigenvalue weighted by atomic mass is 79.9. The van der Waals surface area contributed by atoms with Gasteiger partial charge in [-0.2, -0.15) is 0 Å². The van der Waals surface area contributed by atoms with E-state index in [-0.39, 0.29) is 0 Å². The molecule has 0 amide bonds.